The van der Waals surface area contributed by atoms with Crippen LogP contribution >= 0.6 is 11.3 Å². The molecule has 7 heteroatoms. The van der Waals surface area contributed by atoms with Crippen molar-refractivity contribution < 1.29 is 19.1 Å². The van der Waals surface area contributed by atoms with Gasteiger partial charge in [0.25, 0.3) is 5.91 Å². The number of carbonyl (C=O) groups excluding carboxylic acids is 2. The van der Waals surface area contributed by atoms with E-state index in [1.807, 2.05) is 6.92 Å². The van der Waals surface area contributed by atoms with Crippen molar-refractivity contribution in [3.05, 3.63) is 16.0 Å². The van der Waals surface area contributed by atoms with Gasteiger partial charge in [0.2, 0.25) is 0 Å². The molecule has 3 N–H and O–H groups in total. The first-order chi connectivity index (χ1) is 9.02. The molecule has 1 aromatic heterocycles. The lowest BCUT2D eigenvalue weighted by Gasteiger charge is -2.04. The predicted octanol–water partition coefficient (Wildman–Crippen LogP) is 1.19. The molecule has 0 unspecified atom stereocenters. The molecule has 6 nitrogen and oxygen atoms in total. The third-order valence-electron chi connectivity index (χ3n) is 2.44. The number of nitrogens with one attached hydrogen (secondary N) is 1. The minimum atomic E-state index is -0.484. The largest absolute Gasteiger partial charge is 0.459 e. The van der Waals surface area contributed by atoms with E-state index in [-0.39, 0.29) is 12.5 Å². The zero-order chi connectivity index (χ0) is 14.4. The fraction of sp³-hybridized carbons (Fsp3) is 0.500. The van der Waals surface area contributed by atoms with Gasteiger partial charge in [0.05, 0.1) is 17.2 Å². The van der Waals surface area contributed by atoms with Crippen LogP contribution in [0.5, 0.6) is 0 Å². The van der Waals surface area contributed by atoms with Gasteiger partial charge in [-0.2, -0.15) is 0 Å². The molecule has 0 aliphatic carbocycles. The lowest BCUT2D eigenvalue weighted by molar-refractivity contribution is 0.0393. The number of amides is 1. The highest BCUT2D eigenvalue weighted by atomic mass is 32.1. The van der Waals surface area contributed by atoms with E-state index in [0.29, 0.717) is 34.2 Å². The summed E-state index contributed by atoms with van der Waals surface area (Å²) < 4.78 is 9.81. The summed E-state index contributed by atoms with van der Waals surface area (Å²) in [5.41, 5.74) is 6.70. The van der Waals surface area contributed by atoms with Crippen LogP contribution < -0.4 is 11.1 Å². The monoisotopic (exact) mass is 286 g/mol. The molecule has 0 fully saturated rings. The van der Waals surface area contributed by atoms with Crippen LogP contribution in [0.4, 0.5) is 5.00 Å². The molecule has 0 aliphatic heterocycles. The van der Waals surface area contributed by atoms with Crippen LogP contribution in [0.3, 0.4) is 0 Å². The predicted molar refractivity (Wildman–Crippen MR) is 73.6 cm³/mol. The Hall–Kier alpha value is -1.60. The summed E-state index contributed by atoms with van der Waals surface area (Å²) in [4.78, 5) is 24.0. The molecule has 106 valence electrons. The topological polar surface area (TPSA) is 90.7 Å². The average molecular weight is 286 g/mol. The zero-order valence-electron chi connectivity index (χ0n) is 11.2. The van der Waals surface area contributed by atoms with E-state index in [4.69, 9.17) is 15.2 Å². The summed E-state index contributed by atoms with van der Waals surface area (Å²) in [5.74, 6) is -0.758. The summed E-state index contributed by atoms with van der Waals surface area (Å²) in [6.45, 7) is 4.50. The number of rotatable bonds is 6. The van der Waals surface area contributed by atoms with Gasteiger partial charge in [-0.15, -0.1) is 11.3 Å². The van der Waals surface area contributed by atoms with Gasteiger partial charge in [0.15, 0.2) is 0 Å². The highest BCUT2D eigenvalue weighted by Crippen LogP contribution is 2.30. The van der Waals surface area contributed by atoms with Crippen molar-refractivity contribution in [2.45, 2.75) is 13.8 Å². The highest BCUT2D eigenvalue weighted by Gasteiger charge is 2.23. The zero-order valence-corrected chi connectivity index (χ0v) is 12.1. The molecule has 1 heterocycles. The van der Waals surface area contributed by atoms with Gasteiger partial charge in [-0.1, -0.05) is 0 Å². The Kier molecular flexibility index (Phi) is 5.78. The standard InChI is InChI=1S/C12H18N2O4S/c1-4-14-11(15)8-7(2)9(19-10(8)13)12(16)18-6-5-17-3/h4-6,13H2,1-3H3,(H,14,15). The Morgan fingerprint density at radius 2 is 2.05 bits per heavy atom. The summed E-state index contributed by atoms with van der Waals surface area (Å²) >= 11 is 1.06. The molecule has 0 saturated heterocycles. The number of nitrogen functional groups attached to an aromatic ring is 1. The van der Waals surface area contributed by atoms with Crippen molar-refractivity contribution in [1.29, 1.82) is 0 Å². The van der Waals surface area contributed by atoms with Crippen LogP contribution in [0.15, 0.2) is 0 Å². The number of carbonyl (C=O) groups is 2. The molecule has 1 amide bonds. The van der Waals surface area contributed by atoms with Gasteiger partial charge < -0.3 is 20.5 Å². The lowest BCUT2D eigenvalue weighted by Crippen LogP contribution is -2.24. The fourth-order valence-electron chi connectivity index (χ4n) is 1.55. The Labute approximate surface area is 115 Å². The van der Waals surface area contributed by atoms with Crippen molar-refractivity contribution in [1.82, 2.24) is 5.32 Å². The number of esters is 1. The second kappa shape index (κ2) is 7.10. The van der Waals surface area contributed by atoms with Crippen LogP contribution in [-0.4, -0.2) is 38.7 Å². The lowest BCUT2D eigenvalue weighted by atomic mass is 10.1. The Balaban J connectivity index is 2.89. The number of hydrogen-bond acceptors (Lipinski definition) is 6. The molecule has 0 aliphatic rings. The van der Waals surface area contributed by atoms with E-state index >= 15 is 0 Å². The summed E-state index contributed by atoms with van der Waals surface area (Å²) in [5, 5.41) is 2.99. The normalized spacial score (nSPS) is 10.3. The quantitative estimate of drug-likeness (QED) is 0.605. The van der Waals surface area contributed by atoms with Crippen LogP contribution in [-0.2, 0) is 9.47 Å². The SMILES string of the molecule is CCNC(=O)c1c(N)sc(C(=O)OCCOC)c1C. The first-order valence-electron chi connectivity index (χ1n) is 5.86. The first-order valence-corrected chi connectivity index (χ1v) is 6.67. The molecule has 1 aromatic rings. The van der Waals surface area contributed by atoms with Gasteiger partial charge in [-0.25, -0.2) is 4.79 Å². The first kappa shape index (κ1) is 15.5. The molecular formula is C12H18N2O4S. The third kappa shape index (κ3) is 3.68. The van der Waals surface area contributed by atoms with Gasteiger partial charge in [0.1, 0.15) is 11.5 Å². The highest BCUT2D eigenvalue weighted by molar-refractivity contribution is 7.18. The number of hydrogen-bond donors (Lipinski definition) is 2. The van der Waals surface area contributed by atoms with E-state index in [1.165, 1.54) is 7.11 Å². The molecule has 0 atom stereocenters. The Morgan fingerprint density at radius 1 is 1.37 bits per heavy atom. The van der Waals surface area contributed by atoms with E-state index in [9.17, 15) is 9.59 Å². The van der Waals surface area contributed by atoms with Gasteiger partial charge in [-0.05, 0) is 19.4 Å². The van der Waals surface area contributed by atoms with Crippen LogP contribution in [0.2, 0.25) is 0 Å². The van der Waals surface area contributed by atoms with E-state index in [0.717, 1.165) is 11.3 Å². The smallest absolute Gasteiger partial charge is 0.348 e. The van der Waals surface area contributed by atoms with Crippen LogP contribution in [0.1, 0.15) is 32.5 Å². The molecule has 0 spiro atoms. The number of ether oxygens (including phenoxy) is 2. The minimum absolute atomic E-state index is 0.170. The summed E-state index contributed by atoms with van der Waals surface area (Å²) in [7, 11) is 1.52. The molecule has 0 aromatic carbocycles. The van der Waals surface area contributed by atoms with Gasteiger partial charge >= 0.3 is 5.97 Å². The molecule has 19 heavy (non-hydrogen) atoms. The molecule has 0 saturated carbocycles. The average Bonchev–Trinajstić information content (AvgIpc) is 2.65. The van der Waals surface area contributed by atoms with Gasteiger partial charge in [-0.3, -0.25) is 4.79 Å². The summed E-state index contributed by atoms with van der Waals surface area (Å²) in [6, 6.07) is 0. The maximum atomic E-state index is 11.8. The van der Waals surface area contributed by atoms with Crippen molar-refractivity contribution in [2.75, 3.05) is 32.6 Å². The van der Waals surface area contributed by atoms with Crippen molar-refractivity contribution in [3.63, 3.8) is 0 Å². The van der Waals surface area contributed by atoms with Crippen LogP contribution in [0.25, 0.3) is 0 Å². The third-order valence-corrected chi connectivity index (χ3v) is 3.55. The summed E-state index contributed by atoms with van der Waals surface area (Å²) in [6.07, 6.45) is 0. The molecule has 1 rings (SSSR count). The number of thiophene rings is 1. The fourth-order valence-corrected chi connectivity index (χ4v) is 2.51. The second-order valence-electron chi connectivity index (χ2n) is 3.78. The second-order valence-corrected chi connectivity index (χ2v) is 4.84. The number of nitrogens with two attached hydrogens (primary N) is 1. The Bertz CT molecular complexity index is 471. The van der Waals surface area contributed by atoms with Gasteiger partial charge in [0, 0.05) is 13.7 Å². The number of anilines is 1. The Morgan fingerprint density at radius 3 is 2.63 bits per heavy atom. The van der Waals surface area contributed by atoms with E-state index < -0.39 is 5.97 Å². The van der Waals surface area contributed by atoms with Crippen molar-refractivity contribution >= 4 is 28.2 Å². The minimum Gasteiger partial charge on any atom is -0.459 e. The molecule has 0 bridgehead atoms. The molecule has 0 radical (unpaired) electrons. The maximum absolute atomic E-state index is 11.8. The number of methoxy groups -OCH3 is 1. The molecular weight excluding hydrogens is 268 g/mol. The van der Waals surface area contributed by atoms with E-state index in [2.05, 4.69) is 5.32 Å². The maximum Gasteiger partial charge on any atom is 0.348 e. The van der Waals surface area contributed by atoms with E-state index in [1.54, 1.807) is 6.92 Å². The van der Waals surface area contributed by atoms with Crippen molar-refractivity contribution in [2.24, 2.45) is 0 Å². The van der Waals surface area contributed by atoms with Crippen LogP contribution in [0, 0.1) is 6.92 Å². The van der Waals surface area contributed by atoms with Crippen molar-refractivity contribution in [3.8, 4) is 0 Å².